The van der Waals surface area contributed by atoms with E-state index in [9.17, 15) is 4.79 Å². The summed E-state index contributed by atoms with van der Waals surface area (Å²) < 4.78 is 6.92. The smallest absolute Gasteiger partial charge is 0.413 e. The molecule has 2 aromatic heterocycles. The second-order valence-electron chi connectivity index (χ2n) is 6.85. The molecule has 6 nitrogen and oxygen atoms in total. The Morgan fingerprint density at radius 2 is 1.92 bits per heavy atom. The molecule has 0 atom stereocenters. The Morgan fingerprint density at radius 3 is 2.64 bits per heavy atom. The van der Waals surface area contributed by atoms with Gasteiger partial charge in [-0.05, 0) is 39.2 Å². The number of nitrogens with zero attached hydrogens (tertiary/aromatic N) is 3. The highest BCUT2D eigenvalue weighted by molar-refractivity contribution is 5.84. The van der Waals surface area contributed by atoms with Gasteiger partial charge in [-0.15, -0.1) is 0 Å². The lowest BCUT2D eigenvalue weighted by Gasteiger charge is -2.20. The Labute approximate surface area is 146 Å². The molecule has 1 aromatic carbocycles. The number of carbonyl (C=O) groups excluding carboxylic acids is 1. The van der Waals surface area contributed by atoms with E-state index in [1.807, 2.05) is 51.1 Å². The van der Waals surface area contributed by atoms with Gasteiger partial charge in [0, 0.05) is 17.8 Å². The fourth-order valence-electron chi connectivity index (χ4n) is 2.51. The van der Waals surface area contributed by atoms with Crippen LogP contribution in [0.3, 0.4) is 0 Å². The van der Waals surface area contributed by atoms with Crippen molar-refractivity contribution in [3.8, 4) is 0 Å². The Kier molecular flexibility index (Phi) is 4.70. The molecular weight excluding hydrogens is 316 g/mol. The lowest BCUT2D eigenvalue weighted by atomic mass is 10.1. The third-order valence-electron chi connectivity index (χ3n) is 3.55. The van der Waals surface area contributed by atoms with Crippen LogP contribution in [0.15, 0.2) is 48.7 Å². The zero-order chi connectivity index (χ0) is 17.9. The average molecular weight is 338 g/mol. The summed E-state index contributed by atoms with van der Waals surface area (Å²) in [6.45, 7) is 5.48. The van der Waals surface area contributed by atoms with Crippen LogP contribution in [-0.2, 0) is 17.6 Å². The van der Waals surface area contributed by atoms with E-state index >= 15 is 0 Å². The van der Waals surface area contributed by atoms with Crippen molar-refractivity contribution < 1.29 is 9.53 Å². The van der Waals surface area contributed by atoms with Gasteiger partial charge in [0.25, 0.3) is 0 Å². The molecule has 0 aliphatic heterocycles. The number of ether oxygens (including phenoxy) is 1. The molecule has 0 aliphatic rings. The molecule has 0 unspecified atom stereocenters. The number of fused-ring (bicyclic) bond motifs is 1. The minimum Gasteiger partial charge on any atom is -0.444 e. The zero-order valence-electron chi connectivity index (χ0n) is 14.7. The van der Waals surface area contributed by atoms with E-state index in [1.165, 1.54) is 5.56 Å². The van der Waals surface area contributed by atoms with Crippen molar-refractivity contribution in [1.82, 2.24) is 14.6 Å². The van der Waals surface area contributed by atoms with Crippen molar-refractivity contribution in [3.63, 3.8) is 0 Å². The summed E-state index contributed by atoms with van der Waals surface area (Å²) in [6.07, 6.45) is 2.80. The molecule has 0 bridgehead atoms. The zero-order valence-corrected chi connectivity index (χ0v) is 14.7. The van der Waals surface area contributed by atoms with E-state index in [1.54, 1.807) is 10.7 Å². The molecule has 0 aliphatic carbocycles. The topological polar surface area (TPSA) is 68.5 Å². The fourth-order valence-corrected chi connectivity index (χ4v) is 2.51. The Bertz CT molecular complexity index is 866. The maximum atomic E-state index is 12.1. The number of benzene rings is 1. The SMILES string of the molecule is CC(C)(C)OC(=O)Nc1cc(CCc2ccccc2)nc2ccnn12. The largest absolute Gasteiger partial charge is 0.444 e. The number of aryl methyl sites for hydroxylation is 2. The molecule has 130 valence electrons. The fraction of sp³-hybridized carbons (Fsp3) is 0.316. The van der Waals surface area contributed by atoms with Gasteiger partial charge in [0.05, 0.1) is 6.20 Å². The van der Waals surface area contributed by atoms with Crippen LogP contribution in [0.2, 0.25) is 0 Å². The molecule has 6 heteroatoms. The van der Waals surface area contributed by atoms with Crippen molar-refractivity contribution in [3.05, 3.63) is 59.9 Å². The summed E-state index contributed by atoms with van der Waals surface area (Å²) in [5.74, 6) is 0.548. The summed E-state index contributed by atoms with van der Waals surface area (Å²) in [5.41, 5.74) is 2.27. The van der Waals surface area contributed by atoms with Gasteiger partial charge in [-0.25, -0.2) is 9.78 Å². The van der Waals surface area contributed by atoms with Crippen LogP contribution >= 0.6 is 0 Å². The van der Waals surface area contributed by atoms with Crippen LogP contribution in [0, 0.1) is 0 Å². The van der Waals surface area contributed by atoms with Crippen molar-refractivity contribution in [1.29, 1.82) is 0 Å². The second-order valence-corrected chi connectivity index (χ2v) is 6.85. The van der Waals surface area contributed by atoms with E-state index in [0.29, 0.717) is 11.5 Å². The summed E-state index contributed by atoms with van der Waals surface area (Å²) >= 11 is 0. The van der Waals surface area contributed by atoms with E-state index in [2.05, 4.69) is 27.5 Å². The van der Waals surface area contributed by atoms with Gasteiger partial charge in [-0.1, -0.05) is 30.3 Å². The molecule has 1 amide bonds. The summed E-state index contributed by atoms with van der Waals surface area (Å²) in [5, 5.41) is 6.98. The standard InChI is InChI=1S/C19H22N4O2/c1-19(2,3)25-18(24)22-17-13-15(21-16-11-12-20-23(16)17)10-9-14-7-5-4-6-8-14/h4-8,11-13H,9-10H2,1-3H3,(H,22,24). The van der Waals surface area contributed by atoms with Crippen molar-refractivity contribution in [2.45, 2.75) is 39.2 Å². The van der Waals surface area contributed by atoms with Crippen LogP contribution < -0.4 is 5.32 Å². The van der Waals surface area contributed by atoms with Gasteiger partial charge < -0.3 is 4.74 Å². The van der Waals surface area contributed by atoms with Crippen molar-refractivity contribution >= 4 is 17.6 Å². The number of hydrogen-bond donors (Lipinski definition) is 1. The van der Waals surface area contributed by atoms with E-state index in [0.717, 1.165) is 18.5 Å². The van der Waals surface area contributed by atoms with Gasteiger partial charge in [0.1, 0.15) is 11.4 Å². The third kappa shape index (κ3) is 4.56. The Balaban J connectivity index is 1.80. The first-order valence-corrected chi connectivity index (χ1v) is 8.28. The molecule has 0 spiro atoms. The maximum Gasteiger partial charge on any atom is 0.413 e. The second kappa shape index (κ2) is 6.93. The Hall–Kier alpha value is -2.89. The van der Waals surface area contributed by atoms with Crippen LogP contribution in [0.25, 0.3) is 5.65 Å². The van der Waals surface area contributed by atoms with Gasteiger partial charge >= 0.3 is 6.09 Å². The predicted octanol–water partition coefficient (Wildman–Crippen LogP) is 3.86. The highest BCUT2D eigenvalue weighted by atomic mass is 16.6. The molecular formula is C19H22N4O2. The lowest BCUT2D eigenvalue weighted by molar-refractivity contribution is 0.0635. The highest BCUT2D eigenvalue weighted by Crippen LogP contribution is 2.16. The molecule has 25 heavy (non-hydrogen) atoms. The van der Waals surface area contributed by atoms with E-state index < -0.39 is 11.7 Å². The van der Waals surface area contributed by atoms with Gasteiger partial charge in [-0.2, -0.15) is 9.61 Å². The predicted molar refractivity (Wildman–Crippen MR) is 96.7 cm³/mol. The number of hydrogen-bond acceptors (Lipinski definition) is 4. The Morgan fingerprint density at radius 1 is 1.16 bits per heavy atom. The van der Waals surface area contributed by atoms with Gasteiger partial charge in [0.15, 0.2) is 5.65 Å². The van der Waals surface area contributed by atoms with Crippen LogP contribution in [0.1, 0.15) is 32.0 Å². The maximum absolute atomic E-state index is 12.1. The third-order valence-corrected chi connectivity index (χ3v) is 3.55. The van der Waals surface area contributed by atoms with Gasteiger partial charge in [0.2, 0.25) is 0 Å². The quantitative estimate of drug-likeness (QED) is 0.784. The number of amides is 1. The number of rotatable bonds is 4. The van der Waals surface area contributed by atoms with Crippen molar-refractivity contribution in [2.75, 3.05) is 5.32 Å². The summed E-state index contributed by atoms with van der Waals surface area (Å²) in [7, 11) is 0. The number of carbonyl (C=O) groups is 1. The molecule has 0 radical (unpaired) electrons. The molecule has 3 rings (SSSR count). The molecule has 0 saturated heterocycles. The lowest BCUT2D eigenvalue weighted by Crippen LogP contribution is -2.28. The van der Waals surface area contributed by atoms with Crippen molar-refractivity contribution in [2.24, 2.45) is 0 Å². The highest BCUT2D eigenvalue weighted by Gasteiger charge is 2.18. The first-order valence-electron chi connectivity index (χ1n) is 8.28. The van der Waals surface area contributed by atoms with Crippen LogP contribution in [0.5, 0.6) is 0 Å². The molecule has 1 N–H and O–H groups in total. The number of aromatic nitrogens is 3. The monoisotopic (exact) mass is 338 g/mol. The van der Waals surface area contributed by atoms with Crippen LogP contribution in [0.4, 0.5) is 10.6 Å². The molecule has 2 heterocycles. The number of nitrogens with one attached hydrogen (secondary N) is 1. The first kappa shape index (κ1) is 17.0. The normalized spacial score (nSPS) is 11.5. The average Bonchev–Trinajstić information content (AvgIpc) is 3.01. The first-order chi connectivity index (χ1) is 11.9. The molecule has 3 aromatic rings. The molecule has 0 saturated carbocycles. The van der Waals surface area contributed by atoms with Gasteiger partial charge in [-0.3, -0.25) is 5.32 Å². The van der Waals surface area contributed by atoms with E-state index in [-0.39, 0.29) is 0 Å². The number of anilines is 1. The minimum absolute atomic E-state index is 0.510. The summed E-state index contributed by atoms with van der Waals surface area (Å²) in [4.78, 5) is 16.7. The molecule has 0 fully saturated rings. The summed E-state index contributed by atoms with van der Waals surface area (Å²) in [6, 6.07) is 13.9. The van der Waals surface area contributed by atoms with E-state index in [4.69, 9.17) is 4.74 Å². The minimum atomic E-state index is -0.559. The van der Waals surface area contributed by atoms with Crippen LogP contribution in [-0.4, -0.2) is 26.3 Å².